The number of fused-ring (bicyclic) bond motifs is 5. The molecule has 2 N–H and O–H groups in total. The maximum Gasteiger partial charge on any atom is 0.220 e. The van der Waals surface area contributed by atoms with Crippen molar-refractivity contribution in [2.24, 2.45) is 40.4 Å². The Morgan fingerprint density at radius 2 is 2.09 bits per heavy atom. The molecule has 184 valence electrons. The fourth-order valence-electron chi connectivity index (χ4n) is 8.66. The van der Waals surface area contributed by atoms with E-state index < -0.39 is 0 Å². The Morgan fingerprint density at radius 1 is 1.27 bits per heavy atom. The number of ether oxygens (including phenoxy) is 1. The predicted octanol–water partition coefficient (Wildman–Crippen LogP) is 5.11. The van der Waals surface area contributed by atoms with E-state index in [0.717, 1.165) is 49.4 Å². The second-order valence-electron chi connectivity index (χ2n) is 12.0. The van der Waals surface area contributed by atoms with Crippen LogP contribution in [0.25, 0.3) is 0 Å². The van der Waals surface area contributed by atoms with Crippen molar-refractivity contribution in [3.8, 4) is 12.3 Å². The number of rotatable bonds is 8. The number of aliphatic hydroxyl groups is 1. The molecule has 4 heteroatoms. The summed E-state index contributed by atoms with van der Waals surface area (Å²) in [6.07, 6.45) is 18.7. The van der Waals surface area contributed by atoms with Gasteiger partial charge in [0.15, 0.2) is 0 Å². The highest BCUT2D eigenvalue weighted by Gasteiger charge is 2.59. The molecule has 4 rings (SSSR count). The molecule has 3 saturated carbocycles. The molecule has 0 aromatic rings. The van der Waals surface area contributed by atoms with Crippen LogP contribution in [0.4, 0.5) is 0 Å². The van der Waals surface area contributed by atoms with Crippen molar-refractivity contribution in [3.05, 3.63) is 11.6 Å². The summed E-state index contributed by atoms with van der Waals surface area (Å²) >= 11 is 0. The Bertz CT molecular complexity index is 784. The van der Waals surface area contributed by atoms with Crippen LogP contribution in [0.5, 0.6) is 0 Å². The van der Waals surface area contributed by atoms with Crippen LogP contribution in [-0.2, 0) is 9.53 Å². The van der Waals surface area contributed by atoms with E-state index in [1.807, 2.05) is 0 Å². The number of amides is 1. The molecule has 0 heterocycles. The minimum Gasteiger partial charge on any atom is -0.393 e. The predicted molar refractivity (Wildman–Crippen MR) is 132 cm³/mol. The van der Waals surface area contributed by atoms with Gasteiger partial charge in [-0.3, -0.25) is 4.79 Å². The zero-order chi connectivity index (χ0) is 23.6. The zero-order valence-electron chi connectivity index (χ0n) is 21.1. The standard InChI is InChI=1S/C29H45NO3/c1-5-17-33-18-16-30-27(32)11-6-20(2)24-9-10-25-23-8-7-21-19-22(31)12-14-28(21,3)26(23)13-15-29(24,25)4/h1,7,20,22-26,31H,6,8-19H2,2-4H3,(H,30,32)/t20-,22+,23+,24-,25+,26+,28+,29-/m1/s1. The fourth-order valence-corrected chi connectivity index (χ4v) is 8.66. The van der Waals surface area contributed by atoms with E-state index in [0.29, 0.717) is 42.9 Å². The molecule has 3 fully saturated rings. The highest BCUT2D eigenvalue weighted by atomic mass is 16.5. The van der Waals surface area contributed by atoms with Crippen LogP contribution >= 0.6 is 0 Å². The van der Waals surface area contributed by atoms with Gasteiger partial charge < -0.3 is 15.2 Å². The van der Waals surface area contributed by atoms with Crippen LogP contribution in [0.2, 0.25) is 0 Å². The van der Waals surface area contributed by atoms with Gasteiger partial charge in [0.2, 0.25) is 5.91 Å². The summed E-state index contributed by atoms with van der Waals surface area (Å²) in [6, 6.07) is 0. The summed E-state index contributed by atoms with van der Waals surface area (Å²) in [6.45, 7) is 8.79. The first-order chi connectivity index (χ1) is 15.8. The van der Waals surface area contributed by atoms with Crippen LogP contribution < -0.4 is 5.32 Å². The summed E-state index contributed by atoms with van der Waals surface area (Å²) in [5.41, 5.74) is 2.29. The molecule has 0 aromatic carbocycles. The van der Waals surface area contributed by atoms with Crippen LogP contribution in [-0.4, -0.2) is 36.9 Å². The van der Waals surface area contributed by atoms with E-state index in [1.165, 1.54) is 32.1 Å². The van der Waals surface area contributed by atoms with Crippen molar-refractivity contribution in [2.75, 3.05) is 19.8 Å². The monoisotopic (exact) mass is 455 g/mol. The van der Waals surface area contributed by atoms with E-state index in [9.17, 15) is 9.90 Å². The van der Waals surface area contributed by atoms with E-state index >= 15 is 0 Å². The molecule has 0 bridgehead atoms. The van der Waals surface area contributed by atoms with Crippen molar-refractivity contribution < 1.29 is 14.6 Å². The number of terminal acetylenes is 1. The highest BCUT2D eigenvalue weighted by molar-refractivity contribution is 5.75. The average Bonchev–Trinajstić information content (AvgIpc) is 3.15. The quantitative estimate of drug-likeness (QED) is 0.304. The Kier molecular flexibility index (Phi) is 7.61. The normalized spacial score (nSPS) is 40.6. The first-order valence-electron chi connectivity index (χ1n) is 13.4. The third-order valence-corrected chi connectivity index (χ3v) is 10.4. The topological polar surface area (TPSA) is 58.6 Å². The van der Waals surface area contributed by atoms with Crippen LogP contribution in [0.3, 0.4) is 0 Å². The number of nitrogens with one attached hydrogen (secondary N) is 1. The van der Waals surface area contributed by atoms with Crippen LogP contribution in [0.15, 0.2) is 11.6 Å². The van der Waals surface area contributed by atoms with Crippen molar-refractivity contribution in [3.63, 3.8) is 0 Å². The van der Waals surface area contributed by atoms with Crippen LogP contribution in [0, 0.1) is 52.8 Å². The lowest BCUT2D eigenvalue weighted by molar-refractivity contribution is -0.121. The third kappa shape index (κ3) is 4.78. The summed E-state index contributed by atoms with van der Waals surface area (Å²) in [5, 5.41) is 13.2. The Morgan fingerprint density at radius 3 is 2.88 bits per heavy atom. The number of hydrogen-bond donors (Lipinski definition) is 2. The minimum atomic E-state index is -0.126. The van der Waals surface area contributed by atoms with Crippen molar-refractivity contribution in [1.82, 2.24) is 5.32 Å². The number of allylic oxidation sites excluding steroid dienone is 1. The van der Waals surface area contributed by atoms with Gasteiger partial charge in [-0.05, 0) is 98.2 Å². The molecule has 0 aliphatic heterocycles. The molecule has 4 aliphatic rings. The van der Waals surface area contributed by atoms with Gasteiger partial charge >= 0.3 is 0 Å². The van der Waals surface area contributed by atoms with E-state index in [-0.39, 0.29) is 12.0 Å². The first-order valence-corrected chi connectivity index (χ1v) is 13.4. The molecule has 1 amide bonds. The molecule has 4 nitrogen and oxygen atoms in total. The largest absolute Gasteiger partial charge is 0.393 e. The summed E-state index contributed by atoms with van der Waals surface area (Å²) in [4.78, 5) is 12.3. The second-order valence-corrected chi connectivity index (χ2v) is 12.0. The average molecular weight is 456 g/mol. The molecule has 0 radical (unpaired) electrons. The summed E-state index contributed by atoms with van der Waals surface area (Å²) < 4.78 is 5.23. The molecule has 4 aliphatic carbocycles. The molecule has 8 atom stereocenters. The lowest BCUT2D eigenvalue weighted by Crippen LogP contribution is -2.50. The number of carbonyl (C=O) groups excluding carboxylic acids is 1. The number of hydrogen-bond acceptors (Lipinski definition) is 3. The van der Waals surface area contributed by atoms with E-state index in [1.54, 1.807) is 5.57 Å². The maximum absolute atomic E-state index is 12.3. The molecule has 0 unspecified atom stereocenters. The molecular formula is C29H45NO3. The van der Waals surface area contributed by atoms with Gasteiger partial charge in [0.25, 0.3) is 0 Å². The third-order valence-electron chi connectivity index (χ3n) is 10.4. The highest BCUT2D eigenvalue weighted by Crippen LogP contribution is 2.67. The van der Waals surface area contributed by atoms with Gasteiger partial charge in [-0.25, -0.2) is 0 Å². The first kappa shape index (κ1) is 24.8. The second kappa shape index (κ2) is 10.1. The SMILES string of the molecule is C#CCOCCNC(=O)CC[C@@H](C)[C@H]1CC[C@H]2[C@@H]3CC=C4C[C@@H](O)CC[C@]4(C)[C@H]3CC[C@]12C. The van der Waals surface area contributed by atoms with E-state index in [2.05, 4.69) is 38.1 Å². The molecule has 0 saturated heterocycles. The number of carbonyl (C=O) groups is 1. The Balaban J connectivity index is 1.34. The lowest BCUT2D eigenvalue weighted by Gasteiger charge is -2.58. The fraction of sp³-hybridized carbons (Fsp3) is 0.828. The minimum absolute atomic E-state index is 0.126. The van der Waals surface area contributed by atoms with Gasteiger partial charge in [0.1, 0.15) is 6.61 Å². The van der Waals surface area contributed by atoms with Gasteiger partial charge in [0, 0.05) is 13.0 Å². The summed E-state index contributed by atoms with van der Waals surface area (Å²) in [5.74, 6) is 6.28. The smallest absolute Gasteiger partial charge is 0.220 e. The van der Waals surface area contributed by atoms with Gasteiger partial charge in [-0.2, -0.15) is 0 Å². The van der Waals surface area contributed by atoms with E-state index in [4.69, 9.17) is 11.2 Å². The maximum atomic E-state index is 12.3. The van der Waals surface area contributed by atoms with Crippen molar-refractivity contribution in [1.29, 1.82) is 0 Å². The molecule has 33 heavy (non-hydrogen) atoms. The summed E-state index contributed by atoms with van der Waals surface area (Å²) in [7, 11) is 0. The van der Waals surface area contributed by atoms with Crippen molar-refractivity contribution in [2.45, 2.75) is 91.1 Å². The van der Waals surface area contributed by atoms with Gasteiger partial charge in [-0.15, -0.1) is 6.42 Å². The molecule has 0 spiro atoms. The molecule has 0 aromatic heterocycles. The van der Waals surface area contributed by atoms with Gasteiger partial charge in [0.05, 0.1) is 12.7 Å². The Labute approximate surface area is 201 Å². The van der Waals surface area contributed by atoms with Gasteiger partial charge in [-0.1, -0.05) is 38.3 Å². The Hall–Kier alpha value is -1.31. The molecular weight excluding hydrogens is 410 g/mol. The lowest BCUT2D eigenvalue weighted by atomic mass is 9.47. The van der Waals surface area contributed by atoms with Crippen LogP contribution in [0.1, 0.15) is 85.0 Å². The zero-order valence-corrected chi connectivity index (χ0v) is 21.1. The number of aliphatic hydroxyl groups excluding tert-OH is 1. The van der Waals surface area contributed by atoms with Crippen molar-refractivity contribution >= 4 is 5.91 Å².